The molecule has 0 heterocycles. The Morgan fingerprint density at radius 3 is 2.72 bits per heavy atom. The van der Waals surface area contributed by atoms with Crippen molar-refractivity contribution in [2.24, 2.45) is 0 Å². The van der Waals surface area contributed by atoms with E-state index in [0.29, 0.717) is 11.8 Å². The highest BCUT2D eigenvalue weighted by molar-refractivity contribution is 5.93. The number of halogens is 2. The molecule has 1 rings (SSSR count). The molecule has 0 aliphatic heterocycles. The minimum Gasteiger partial charge on any atom is -0.462 e. The highest BCUT2D eigenvalue weighted by atomic mass is 19.3. The van der Waals surface area contributed by atoms with E-state index in [4.69, 9.17) is 4.74 Å². The molecule has 0 aliphatic carbocycles. The summed E-state index contributed by atoms with van der Waals surface area (Å²) in [5, 5.41) is 0. The first-order valence-corrected chi connectivity index (χ1v) is 5.62. The third kappa shape index (κ3) is 3.35. The van der Waals surface area contributed by atoms with Gasteiger partial charge in [0, 0.05) is 12.0 Å². The lowest BCUT2D eigenvalue weighted by Gasteiger charge is -2.12. The number of hydrogen-bond donors (Lipinski definition) is 0. The van der Waals surface area contributed by atoms with Gasteiger partial charge in [-0.25, -0.2) is 13.6 Å². The Balaban J connectivity index is 3.20. The highest BCUT2D eigenvalue weighted by Crippen LogP contribution is 2.26. The molecular weight excluding hydrogens is 242 g/mol. The van der Waals surface area contributed by atoms with Gasteiger partial charge in [-0.2, -0.15) is 0 Å². The lowest BCUT2D eigenvalue weighted by atomic mass is 9.98. The number of rotatable bonds is 6. The predicted molar refractivity (Wildman–Crippen MR) is 61.7 cm³/mol. The van der Waals surface area contributed by atoms with Gasteiger partial charge in [-0.15, -0.1) is 0 Å². The Morgan fingerprint density at radius 1 is 1.44 bits per heavy atom. The van der Waals surface area contributed by atoms with Gasteiger partial charge < -0.3 is 9.53 Å². The van der Waals surface area contributed by atoms with Crippen LogP contribution in [-0.4, -0.2) is 18.9 Å². The van der Waals surface area contributed by atoms with Gasteiger partial charge in [-0.3, -0.25) is 0 Å². The van der Waals surface area contributed by atoms with Gasteiger partial charge in [0.05, 0.1) is 12.2 Å². The Kier molecular flexibility index (Phi) is 5.42. The molecule has 0 amide bonds. The van der Waals surface area contributed by atoms with Gasteiger partial charge in [0.25, 0.3) is 6.43 Å². The van der Waals surface area contributed by atoms with Crippen LogP contribution in [0, 0.1) is 0 Å². The van der Waals surface area contributed by atoms with E-state index in [0.717, 1.165) is 0 Å². The molecule has 0 atom stereocenters. The van der Waals surface area contributed by atoms with Crippen molar-refractivity contribution >= 4 is 12.3 Å². The number of hydrogen-bond acceptors (Lipinski definition) is 3. The summed E-state index contributed by atoms with van der Waals surface area (Å²) in [5.74, 6) is -0.769. The van der Waals surface area contributed by atoms with Crippen LogP contribution in [0.15, 0.2) is 18.2 Å². The summed E-state index contributed by atoms with van der Waals surface area (Å²) < 4.78 is 30.5. The van der Waals surface area contributed by atoms with Gasteiger partial charge in [-0.05, 0) is 18.9 Å². The third-order valence-corrected chi connectivity index (χ3v) is 2.43. The van der Waals surface area contributed by atoms with E-state index in [-0.39, 0.29) is 30.6 Å². The van der Waals surface area contributed by atoms with Crippen LogP contribution in [0.25, 0.3) is 0 Å². The maximum absolute atomic E-state index is 12.9. The molecule has 98 valence electrons. The van der Waals surface area contributed by atoms with E-state index in [9.17, 15) is 18.4 Å². The first-order chi connectivity index (χ1) is 8.61. The minimum absolute atomic E-state index is 0.115. The van der Waals surface area contributed by atoms with Crippen molar-refractivity contribution < 1.29 is 23.1 Å². The summed E-state index contributed by atoms with van der Waals surface area (Å²) in [6.45, 7) is 1.72. The number of aryl methyl sites for hydroxylation is 1. The van der Waals surface area contributed by atoms with Crippen molar-refractivity contribution in [3.63, 3.8) is 0 Å². The molecule has 0 aliphatic rings. The lowest BCUT2D eigenvalue weighted by Crippen LogP contribution is -2.12. The van der Waals surface area contributed by atoms with Crippen LogP contribution in [0.2, 0.25) is 0 Å². The van der Waals surface area contributed by atoms with Gasteiger partial charge in [0.1, 0.15) is 6.29 Å². The number of alkyl halides is 2. The van der Waals surface area contributed by atoms with E-state index in [1.165, 1.54) is 12.1 Å². The Morgan fingerprint density at radius 2 is 2.17 bits per heavy atom. The molecule has 1 aromatic carbocycles. The molecule has 1 aromatic rings. The average molecular weight is 256 g/mol. The molecule has 0 saturated carbocycles. The van der Waals surface area contributed by atoms with Gasteiger partial charge in [0.2, 0.25) is 0 Å². The maximum Gasteiger partial charge on any atom is 0.338 e. The lowest BCUT2D eigenvalue weighted by molar-refractivity contribution is -0.107. The van der Waals surface area contributed by atoms with Gasteiger partial charge in [0.15, 0.2) is 0 Å². The second-order valence-electron chi connectivity index (χ2n) is 3.61. The number of aldehydes is 1. The topological polar surface area (TPSA) is 43.4 Å². The van der Waals surface area contributed by atoms with Crippen LogP contribution in [0.1, 0.15) is 41.3 Å². The molecule has 5 heteroatoms. The molecule has 0 bridgehead atoms. The zero-order valence-electron chi connectivity index (χ0n) is 9.99. The van der Waals surface area contributed by atoms with E-state index < -0.39 is 12.4 Å². The average Bonchev–Trinajstić information content (AvgIpc) is 2.35. The van der Waals surface area contributed by atoms with Crippen molar-refractivity contribution in [3.8, 4) is 0 Å². The van der Waals surface area contributed by atoms with E-state index in [1.807, 2.05) is 0 Å². The molecule has 0 fully saturated rings. The fraction of sp³-hybridized carbons (Fsp3) is 0.385. The normalized spacial score (nSPS) is 10.4. The second kappa shape index (κ2) is 6.83. The Hall–Kier alpha value is -1.78. The Bertz CT molecular complexity index is 430. The summed E-state index contributed by atoms with van der Waals surface area (Å²) >= 11 is 0. The minimum atomic E-state index is -2.75. The second-order valence-corrected chi connectivity index (χ2v) is 3.61. The predicted octanol–water partition coefficient (Wildman–Crippen LogP) is 2.93. The first-order valence-electron chi connectivity index (χ1n) is 5.62. The van der Waals surface area contributed by atoms with Crippen LogP contribution in [0.5, 0.6) is 0 Å². The zero-order chi connectivity index (χ0) is 13.5. The maximum atomic E-state index is 12.9. The zero-order valence-corrected chi connectivity index (χ0v) is 9.99. The largest absolute Gasteiger partial charge is 0.462 e. The van der Waals surface area contributed by atoms with Crippen molar-refractivity contribution in [1.29, 1.82) is 0 Å². The van der Waals surface area contributed by atoms with Crippen molar-refractivity contribution in [1.82, 2.24) is 0 Å². The monoisotopic (exact) mass is 256 g/mol. The van der Waals surface area contributed by atoms with Crippen LogP contribution in [-0.2, 0) is 16.0 Å². The molecule has 0 spiro atoms. The molecule has 0 aromatic heterocycles. The molecule has 0 saturated heterocycles. The van der Waals surface area contributed by atoms with Crippen LogP contribution in [0.3, 0.4) is 0 Å². The summed E-state index contributed by atoms with van der Waals surface area (Å²) in [5.41, 5.74) is -0.0496. The quantitative estimate of drug-likeness (QED) is 0.580. The summed E-state index contributed by atoms with van der Waals surface area (Å²) in [7, 11) is 0. The van der Waals surface area contributed by atoms with Crippen molar-refractivity contribution in [3.05, 3.63) is 34.9 Å². The highest BCUT2D eigenvalue weighted by Gasteiger charge is 2.22. The summed E-state index contributed by atoms with van der Waals surface area (Å²) in [6, 6.07) is 4.20. The standard InChI is InChI=1S/C13H14F2O3/c1-2-18-13(17)11-9(6-4-8-16)5-3-7-10(11)12(14)15/h3,5,7-8,12H,2,4,6H2,1H3. The Labute approximate surface area is 104 Å². The number of ether oxygens (including phenoxy) is 1. The van der Waals surface area contributed by atoms with Crippen LogP contribution < -0.4 is 0 Å². The molecular formula is C13H14F2O3. The van der Waals surface area contributed by atoms with E-state index in [1.54, 1.807) is 13.0 Å². The fourth-order valence-electron chi connectivity index (χ4n) is 1.68. The number of benzene rings is 1. The van der Waals surface area contributed by atoms with E-state index in [2.05, 4.69) is 0 Å². The van der Waals surface area contributed by atoms with E-state index >= 15 is 0 Å². The van der Waals surface area contributed by atoms with Crippen LogP contribution in [0.4, 0.5) is 8.78 Å². The molecule has 0 N–H and O–H groups in total. The third-order valence-electron chi connectivity index (χ3n) is 2.43. The number of carbonyl (C=O) groups excluding carboxylic acids is 2. The smallest absolute Gasteiger partial charge is 0.338 e. The SMILES string of the molecule is CCOC(=O)c1c(CCC=O)cccc1C(F)F. The van der Waals surface area contributed by atoms with Crippen LogP contribution >= 0.6 is 0 Å². The molecule has 3 nitrogen and oxygen atoms in total. The summed E-state index contributed by atoms with van der Waals surface area (Å²) in [6.07, 6.45) is -1.64. The van der Waals surface area contributed by atoms with Gasteiger partial charge >= 0.3 is 5.97 Å². The van der Waals surface area contributed by atoms with Crippen molar-refractivity contribution in [2.45, 2.75) is 26.2 Å². The molecule has 18 heavy (non-hydrogen) atoms. The number of carbonyl (C=O) groups is 2. The fourth-order valence-corrected chi connectivity index (χ4v) is 1.68. The molecule has 0 unspecified atom stereocenters. The van der Waals surface area contributed by atoms with Gasteiger partial charge in [-0.1, -0.05) is 18.2 Å². The first kappa shape index (κ1) is 14.3. The summed E-state index contributed by atoms with van der Waals surface area (Å²) in [4.78, 5) is 22.0. The van der Waals surface area contributed by atoms with Crippen molar-refractivity contribution in [2.75, 3.05) is 6.61 Å². The molecule has 0 radical (unpaired) electrons. The number of esters is 1.